The number of benzene rings is 2. The molecule has 0 bridgehead atoms. The van der Waals surface area contributed by atoms with E-state index in [4.69, 9.17) is 0 Å². The number of hydrogen-bond donors (Lipinski definition) is 5. The summed E-state index contributed by atoms with van der Waals surface area (Å²) in [7, 11) is 1.68. The van der Waals surface area contributed by atoms with Gasteiger partial charge in [-0.25, -0.2) is 0 Å². The fourth-order valence-electron chi connectivity index (χ4n) is 5.51. The molecule has 5 N–H and O–H groups in total. The summed E-state index contributed by atoms with van der Waals surface area (Å²) in [6.45, 7) is 8.49. The van der Waals surface area contributed by atoms with Gasteiger partial charge in [0.2, 0.25) is 29.5 Å². The number of likely N-dealkylation sites (N-methyl/N-ethyl adjacent to an activating group) is 1. The molecule has 2 aromatic carbocycles. The van der Waals surface area contributed by atoms with Gasteiger partial charge in [-0.3, -0.25) is 24.0 Å². The lowest BCUT2D eigenvalue weighted by molar-refractivity contribution is -0.144. The van der Waals surface area contributed by atoms with Crippen molar-refractivity contribution in [3.05, 3.63) is 71.8 Å². The zero-order valence-corrected chi connectivity index (χ0v) is 28.4. The SMILES string of the molecule is CNC(C)C(=O)NC(C(=O)N1CCCC1C(=O)NC(CNC(=O)CCCC(=O)NCCc1ccccc1)c1ccccc1)C(C)(C)C. The predicted molar refractivity (Wildman–Crippen MR) is 182 cm³/mol. The summed E-state index contributed by atoms with van der Waals surface area (Å²) in [5.41, 5.74) is 1.39. The number of nitrogens with zero attached hydrogens (tertiary/aromatic N) is 1. The molecule has 2 aromatic rings. The number of carbonyl (C=O) groups is 5. The Labute approximate surface area is 279 Å². The van der Waals surface area contributed by atoms with Gasteiger partial charge in [0, 0.05) is 32.5 Å². The minimum atomic E-state index is -0.811. The van der Waals surface area contributed by atoms with Gasteiger partial charge in [-0.2, -0.15) is 0 Å². The fourth-order valence-corrected chi connectivity index (χ4v) is 5.51. The van der Waals surface area contributed by atoms with E-state index >= 15 is 0 Å². The first-order valence-corrected chi connectivity index (χ1v) is 16.6. The molecule has 11 nitrogen and oxygen atoms in total. The molecule has 1 heterocycles. The van der Waals surface area contributed by atoms with Crippen LogP contribution in [-0.2, 0) is 30.4 Å². The van der Waals surface area contributed by atoms with E-state index < -0.39 is 29.6 Å². The summed E-state index contributed by atoms with van der Waals surface area (Å²) in [4.78, 5) is 66.8. The molecule has 256 valence electrons. The second kappa shape index (κ2) is 18.2. The number of likely N-dealkylation sites (tertiary alicyclic amines) is 1. The first kappa shape index (κ1) is 37.2. The number of carbonyl (C=O) groups excluding carboxylic acids is 5. The van der Waals surface area contributed by atoms with Crippen molar-refractivity contribution in [3.8, 4) is 0 Å². The molecule has 0 radical (unpaired) electrons. The third-order valence-corrected chi connectivity index (χ3v) is 8.47. The van der Waals surface area contributed by atoms with Crippen LogP contribution in [0.5, 0.6) is 0 Å². The summed E-state index contributed by atoms with van der Waals surface area (Å²) in [5.74, 6) is -1.20. The highest BCUT2D eigenvalue weighted by molar-refractivity contribution is 5.94. The number of amides is 5. The maximum absolute atomic E-state index is 13.8. The quantitative estimate of drug-likeness (QED) is 0.189. The Bertz CT molecular complexity index is 1330. The Kier molecular flexibility index (Phi) is 14.4. The van der Waals surface area contributed by atoms with Gasteiger partial charge in [-0.05, 0) is 56.2 Å². The molecule has 1 saturated heterocycles. The third kappa shape index (κ3) is 11.8. The van der Waals surface area contributed by atoms with Gasteiger partial charge in [-0.1, -0.05) is 81.4 Å². The molecule has 3 rings (SSSR count). The fraction of sp³-hybridized carbons (Fsp3) is 0.528. The minimum absolute atomic E-state index is 0.0939. The van der Waals surface area contributed by atoms with Crippen LogP contribution in [-0.4, -0.2) is 79.2 Å². The zero-order valence-electron chi connectivity index (χ0n) is 28.4. The first-order chi connectivity index (χ1) is 22.4. The van der Waals surface area contributed by atoms with Crippen LogP contribution >= 0.6 is 0 Å². The van der Waals surface area contributed by atoms with Gasteiger partial charge >= 0.3 is 0 Å². The molecule has 0 saturated carbocycles. The Balaban J connectivity index is 1.56. The zero-order chi connectivity index (χ0) is 34.4. The molecule has 0 aliphatic carbocycles. The second-order valence-electron chi connectivity index (χ2n) is 13.2. The number of nitrogens with one attached hydrogen (secondary N) is 5. The molecular weight excluding hydrogens is 596 g/mol. The van der Waals surface area contributed by atoms with Crippen LogP contribution in [0.3, 0.4) is 0 Å². The van der Waals surface area contributed by atoms with E-state index in [1.165, 1.54) is 0 Å². The molecule has 47 heavy (non-hydrogen) atoms. The highest BCUT2D eigenvalue weighted by Gasteiger charge is 2.42. The Morgan fingerprint density at radius 3 is 2.11 bits per heavy atom. The van der Waals surface area contributed by atoms with Gasteiger partial charge in [0.15, 0.2) is 0 Å². The van der Waals surface area contributed by atoms with Crippen molar-refractivity contribution in [3.63, 3.8) is 0 Å². The minimum Gasteiger partial charge on any atom is -0.356 e. The molecule has 1 aliphatic rings. The van der Waals surface area contributed by atoms with Crippen molar-refractivity contribution >= 4 is 29.5 Å². The van der Waals surface area contributed by atoms with Gasteiger partial charge in [0.25, 0.3) is 0 Å². The molecule has 4 unspecified atom stereocenters. The molecule has 0 aromatic heterocycles. The highest BCUT2D eigenvalue weighted by Crippen LogP contribution is 2.26. The van der Waals surface area contributed by atoms with Gasteiger partial charge < -0.3 is 31.5 Å². The maximum atomic E-state index is 13.8. The molecular formula is C36H52N6O5. The van der Waals surface area contributed by atoms with Crippen LogP contribution in [0, 0.1) is 5.41 Å². The molecule has 4 atom stereocenters. The van der Waals surface area contributed by atoms with Crippen molar-refractivity contribution in [1.82, 2.24) is 31.5 Å². The average Bonchev–Trinajstić information content (AvgIpc) is 3.55. The standard InChI is InChI=1S/C36H52N6O5/c1-25(37-5)33(45)41-32(36(2,3)4)35(47)42-23-13-18-29(42)34(46)40-28(27-16-10-7-11-17-27)24-39-31(44)20-12-19-30(43)38-22-21-26-14-8-6-9-15-26/h6-11,14-17,25,28-29,32,37H,12-13,18-24H2,1-5H3,(H,38,43)(H,39,44)(H,40,46)(H,41,45). The number of rotatable bonds is 16. The van der Waals surface area contributed by atoms with Crippen LogP contribution in [0.2, 0.25) is 0 Å². The van der Waals surface area contributed by atoms with Crippen LogP contribution in [0.15, 0.2) is 60.7 Å². The lowest BCUT2D eigenvalue weighted by Crippen LogP contribution is -2.59. The van der Waals surface area contributed by atoms with Gasteiger partial charge in [0.1, 0.15) is 12.1 Å². The number of hydrogen-bond acceptors (Lipinski definition) is 6. The average molecular weight is 649 g/mol. The van der Waals surface area contributed by atoms with E-state index in [-0.39, 0.29) is 48.9 Å². The molecule has 11 heteroatoms. The lowest BCUT2D eigenvalue weighted by Gasteiger charge is -2.36. The van der Waals surface area contributed by atoms with E-state index in [1.807, 2.05) is 81.4 Å². The summed E-state index contributed by atoms with van der Waals surface area (Å²) in [5, 5.41) is 14.6. The normalized spacial score (nSPS) is 16.4. The molecule has 5 amide bonds. The van der Waals surface area contributed by atoms with Crippen molar-refractivity contribution in [2.45, 2.75) is 90.4 Å². The van der Waals surface area contributed by atoms with Gasteiger partial charge in [-0.15, -0.1) is 0 Å². The van der Waals surface area contributed by atoms with Crippen LogP contribution in [0.1, 0.15) is 77.0 Å². The molecule has 0 spiro atoms. The summed E-state index contributed by atoms with van der Waals surface area (Å²) < 4.78 is 0. The third-order valence-electron chi connectivity index (χ3n) is 8.47. The van der Waals surface area contributed by atoms with Gasteiger partial charge in [0.05, 0.1) is 12.1 Å². The van der Waals surface area contributed by atoms with Crippen molar-refractivity contribution in [1.29, 1.82) is 0 Å². The molecule has 1 fully saturated rings. The van der Waals surface area contributed by atoms with E-state index in [0.29, 0.717) is 32.4 Å². The van der Waals surface area contributed by atoms with Crippen molar-refractivity contribution in [2.24, 2.45) is 5.41 Å². The Hall–Kier alpha value is -4.25. The van der Waals surface area contributed by atoms with Crippen LogP contribution < -0.4 is 26.6 Å². The topological polar surface area (TPSA) is 149 Å². The van der Waals surface area contributed by atoms with Crippen molar-refractivity contribution in [2.75, 3.05) is 26.7 Å². The van der Waals surface area contributed by atoms with E-state index in [1.54, 1.807) is 18.9 Å². The highest BCUT2D eigenvalue weighted by atomic mass is 16.2. The van der Waals surface area contributed by atoms with Crippen LogP contribution in [0.25, 0.3) is 0 Å². The van der Waals surface area contributed by atoms with E-state index in [9.17, 15) is 24.0 Å². The predicted octanol–water partition coefficient (Wildman–Crippen LogP) is 2.62. The summed E-state index contributed by atoms with van der Waals surface area (Å²) in [6.07, 6.45) is 2.74. The maximum Gasteiger partial charge on any atom is 0.246 e. The van der Waals surface area contributed by atoms with Crippen molar-refractivity contribution < 1.29 is 24.0 Å². The second-order valence-corrected chi connectivity index (χ2v) is 13.2. The summed E-state index contributed by atoms with van der Waals surface area (Å²) in [6, 6.07) is 16.8. The molecule has 1 aliphatic heterocycles. The monoisotopic (exact) mass is 648 g/mol. The Morgan fingerprint density at radius 2 is 1.49 bits per heavy atom. The largest absolute Gasteiger partial charge is 0.356 e. The van der Waals surface area contributed by atoms with E-state index in [2.05, 4.69) is 26.6 Å². The Morgan fingerprint density at radius 1 is 0.872 bits per heavy atom. The van der Waals surface area contributed by atoms with E-state index in [0.717, 1.165) is 17.5 Å². The summed E-state index contributed by atoms with van der Waals surface area (Å²) >= 11 is 0. The lowest BCUT2D eigenvalue weighted by atomic mass is 9.85. The first-order valence-electron chi connectivity index (χ1n) is 16.6. The van der Waals surface area contributed by atoms with Crippen LogP contribution in [0.4, 0.5) is 0 Å². The smallest absolute Gasteiger partial charge is 0.246 e.